The second-order valence-electron chi connectivity index (χ2n) is 2.51. The summed E-state index contributed by atoms with van der Waals surface area (Å²) in [4.78, 5) is 17.1. The van der Waals surface area contributed by atoms with E-state index < -0.39 is 6.09 Å². The number of carbonyl (C=O) groups is 1. The number of aryl methyl sites for hydroxylation is 2. The molecule has 0 bridgehead atoms. The number of nitrogens with one attached hydrogen (secondary N) is 2. The van der Waals surface area contributed by atoms with Gasteiger partial charge in [0.15, 0.2) is 0 Å². The zero-order chi connectivity index (χ0) is 9.84. The van der Waals surface area contributed by atoms with E-state index in [1.165, 1.54) is 6.21 Å². The van der Waals surface area contributed by atoms with Crippen molar-refractivity contribution < 1.29 is 9.90 Å². The Bertz CT molecular complexity index is 342. The maximum absolute atomic E-state index is 10.0. The zero-order valence-corrected chi connectivity index (χ0v) is 7.33. The van der Waals surface area contributed by atoms with Gasteiger partial charge in [-0.3, -0.25) is 0 Å². The maximum Gasteiger partial charge on any atom is 0.425 e. The summed E-state index contributed by atoms with van der Waals surface area (Å²) in [6, 6.07) is 0. The minimum atomic E-state index is -1.19. The van der Waals surface area contributed by atoms with Crippen LogP contribution in [-0.2, 0) is 0 Å². The number of H-pyrrole nitrogens is 1. The van der Waals surface area contributed by atoms with Crippen molar-refractivity contribution in [3.8, 4) is 0 Å². The van der Waals surface area contributed by atoms with Crippen LogP contribution in [0, 0.1) is 13.8 Å². The molecule has 0 aliphatic heterocycles. The molecule has 0 aliphatic carbocycles. The van der Waals surface area contributed by atoms with Gasteiger partial charge in [-0.15, -0.1) is 0 Å². The number of imidazole rings is 1. The Morgan fingerprint density at radius 2 is 2.38 bits per heavy atom. The van der Waals surface area contributed by atoms with Gasteiger partial charge in [0.05, 0.1) is 6.21 Å². The van der Waals surface area contributed by atoms with Crippen LogP contribution in [0.1, 0.15) is 17.2 Å². The molecule has 3 N–H and O–H groups in total. The van der Waals surface area contributed by atoms with Crippen LogP contribution in [0.3, 0.4) is 0 Å². The molecule has 13 heavy (non-hydrogen) atoms. The highest BCUT2D eigenvalue weighted by atomic mass is 16.4. The van der Waals surface area contributed by atoms with E-state index >= 15 is 0 Å². The Balaban J connectivity index is 2.68. The first-order chi connectivity index (χ1) is 6.09. The van der Waals surface area contributed by atoms with Gasteiger partial charge in [0.2, 0.25) is 0 Å². The second-order valence-corrected chi connectivity index (χ2v) is 2.51. The first kappa shape index (κ1) is 9.24. The number of hydrogen-bond acceptors (Lipinski definition) is 3. The van der Waals surface area contributed by atoms with Gasteiger partial charge in [-0.25, -0.2) is 15.2 Å². The van der Waals surface area contributed by atoms with Crippen molar-refractivity contribution in [1.29, 1.82) is 0 Å². The van der Waals surface area contributed by atoms with Crippen LogP contribution in [-0.4, -0.2) is 27.4 Å². The quantitative estimate of drug-likeness (QED) is 0.462. The lowest BCUT2D eigenvalue weighted by atomic mass is 10.4. The molecule has 1 amide bonds. The fraction of sp³-hybridized carbons (Fsp3) is 0.286. The Hall–Kier alpha value is -1.85. The lowest BCUT2D eigenvalue weighted by Gasteiger charge is -1.88. The fourth-order valence-corrected chi connectivity index (χ4v) is 0.902. The summed E-state index contributed by atoms with van der Waals surface area (Å²) in [5.41, 5.74) is 3.35. The third-order valence-electron chi connectivity index (χ3n) is 1.39. The Kier molecular flexibility index (Phi) is 2.63. The number of aromatic amines is 1. The van der Waals surface area contributed by atoms with Gasteiger partial charge in [0, 0.05) is 5.69 Å². The van der Waals surface area contributed by atoms with Crippen molar-refractivity contribution in [2.45, 2.75) is 13.8 Å². The van der Waals surface area contributed by atoms with Gasteiger partial charge in [-0.1, -0.05) is 0 Å². The number of nitrogens with zero attached hydrogens (tertiary/aromatic N) is 2. The number of amides is 1. The third-order valence-corrected chi connectivity index (χ3v) is 1.39. The topological polar surface area (TPSA) is 90.4 Å². The van der Waals surface area contributed by atoms with Crippen molar-refractivity contribution >= 4 is 12.3 Å². The maximum atomic E-state index is 10.0. The molecule has 1 aromatic rings. The summed E-state index contributed by atoms with van der Waals surface area (Å²) in [5.74, 6) is 0.772. The Morgan fingerprint density at radius 1 is 1.69 bits per heavy atom. The van der Waals surface area contributed by atoms with Crippen LogP contribution in [0.15, 0.2) is 5.10 Å². The van der Waals surface area contributed by atoms with E-state index in [1.807, 2.05) is 19.3 Å². The zero-order valence-electron chi connectivity index (χ0n) is 7.33. The van der Waals surface area contributed by atoms with Crippen LogP contribution in [0.4, 0.5) is 4.79 Å². The first-order valence-corrected chi connectivity index (χ1v) is 3.65. The standard InChI is InChI=1S/C7H10N4O2/c1-4-6(10-5(2)9-4)3-8-11-7(12)13/h3,11H,1-2H3,(H,9,10)(H,12,13). The number of aromatic nitrogens is 2. The molecular formula is C7H10N4O2. The van der Waals surface area contributed by atoms with Gasteiger partial charge in [0.25, 0.3) is 0 Å². The van der Waals surface area contributed by atoms with E-state index in [-0.39, 0.29) is 0 Å². The van der Waals surface area contributed by atoms with E-state index in [0.29, 0.717) is 5.69 Å². The van der Waals surface area contributed by atoms with E-state index in [0.717, 1.165) is 11.5 Å². The smallest absolute Gasteiger partial charge is 0.425 e. The molecule has 0 unspecified atom stereocenters. The molecule has 0 spiro atoms. The molecule has 70 valence electrons. The highest BCUT2D eigenvalue weighted by Gasteiger charge is 1.99. The molecule has 0 saturated heterocycles. The van der Waals surface area contributed by atoms with E-state index in [4.69, 9.17) is 5.11 Å². The van der Waals surface area contributed by atoms with Gasteiger partial charge in [-0.2, -0.15) is 5.10 Å². The van der Waals surface area contributed by atoms with Crippen molar-refractivity contribution in [3.63, 3.8) is 0 Å². The van der Waals surface area contributed by atoms with Crippen LogP contribution < -0.4 is 5.43 Å². The molecule has 6 nitrogen and oxygen atoms in total. The second kappa shape index (κ2) is 3.70. The van der Waals surface area contributed by atoms with Gasteiger partial charge in [-0.05, 0) is 13.8 Å². The summed E-state index contributed by atoms with van der Waals surface area (Å²) in [6.07, 6.45) is 0.161. The predicted octanol–water partition coefficient (Wildman–Crippen LogP) is 0.628. The monoisotopic (exact) mass is 182 g/mol. The number of carboxylic acid groups (broad SMARTS) is 1. The SMILES string of the molecule is Cc1nc(C=NNC(=O)O)c(C)[nH]1. The number of hydrazone groups is 1. The Labute approximate surface area is 74.7 Å². The van der Waals surface area contributed by atoms with E-state index in [1.54, 1.807) is 0 Å². The summed E-state index contributed by atoms with van der Waals surface area (Å²) >= 11 is 0. The van der Waals surface area contributed by atoms with Gasteiger partial charge in [0.1, 0.15) is 11.5 Å². The highest BCUT2D eigenvalue weighted by Crippen LogP contribution is 1.99. The number of rotatable bonds is 2. The minimum absolute atomic E-state index is 0.631. The summed E-state index contributed by atoms with van der Waals surface area (Å²) in [6.45, 7) is 3.65. The average Bonchev–Trinajstić information content (AvgIpc) is 2.29. The molecule has 0 fully saturated rings. The number of hydrogen-bond donors (Lipinski definition) is 3. The fourth-order valence-electron chi connectivity index (χ4n) is 0.902. The molecule has 6 heteroatoms. The first-order valence-electron chi connectivity index (χ1n) is 3.65. The van der Waals surface area contributed by atoms with E-state index in [9.17, 15) is 4.79 Å². The van der Waals surface area contributed by atoms with Crippen LogP contribution in [0.5, 0.6) is 0 Å². The van der Waals surface area contributed by atoms with Crippen LogP contribution in [0.2, 0.25) is 0 Å². The lowest BCUT2D eigenvalue weighted by Crippen LogP contribution is -2.13. The molecule has 0 aromatic carbocycles. The average molecular weight is 182 g/mol. The molecule has 1 aromatic heterocycles. The molecular weight excluding hydrogens is 172 g/mol. The lowest BCUT2D eigenvalue weighted by molar-refractivity contribution is 0.195. The normalized spacial score (nSPS) is 10.6. The largest absolute Gasteiger partial charge is 0.464 e. The predicted molar refractivity (Wildman–Crippen MR) is 46.8 cm³/mol. The van der Waals surface area contributed by atoms with Crippen molar-refractivity contribution in [3.05, 3.63) is 17.2 Å². The molecule has 0 saturated carbocycles. The molecule has 0 radical (unpaired) electrons. The van der Waals surface area contributed by atoms with Crippen molar-refractivity contribution in [2.75, 3.05) is 0 Å². The van der Waals surface area contributed by atoms with Crippen molar-refractivity contribution in [1.82, 2.24) is 15.4 Å². The Morgan fingerprint density at radius 3 is 2.85 bits per heavy atom. The van der Waals surface area contributed by atoms with Gasteiger partial charge >= 0.3 is 6.09 Å². The minimum Gasteiger partial charge on any atom is -0.464 e. The molecule has 0 aliphatic rings. The molecule has 0 atom stereocenters. The highest BCUT2D eigenvalue weighted by molar-refractivity contribution is 5.79. The summed E-state index contributed by atoms with van der Waals surface area (Å²) in [5, 5.41) is 11.7. The molecule has 1 rings (SSSR count). The summed E-state index contributed by atoms with van der Waals surface area (Å²) < 4.78 is 0. The summed E-state index contributed by atoms with van der Waals surface area (Å²) in [7, 11) is 0. The third kappa shape index (κ3) is 2.58. The van der Waals surface area contributed by atoms with E-state index in [2.05, 4.69) is 15.1 Å². The van der Waals surface area contributed by atoms with Gasteiger partial charge < -0.3 is 10.1 Å². The van der Waals surface area contributed by atoms with Crippen molar-refractivity contribution in [2.24, 2.45) is 5.10 Å². The van der Waals surface area contributed by atoms with Crippen LogP contribution >= 0.6 is 0 Å². The van der Waals surface area contributed by atoms with Crippen LogP contribution in [0.25, 0.3) is 0 Å². The molecule has 1 heterocycles.